The van der Waals surface area contributed by atoms with Gasteiger partial charge in [-0.15, -0.1) is 0 Å². The molecular formula is C12H16F2N2O2S. The van der Waals surface area contributed by atoms with Gasteiger partial charge in [0.2, 0.25) is 9.84 Å². The molecule has 0 bridgehead atoms. The van der Waals surface area contributed by atoms with Crippen LogP contribution in [0.5, 0.6) is 0 Å². The molecule has 1 heterocycles. The summed E-state index contributed by atoms with van der Waals surface area (Å²) in [5.41, 5.74) is 0.849. The molecule has 4 nitrogen and oxygen atoms in total. The molecule has 1 N–H and O–H groups in total. The third kappa shape index (κ3) is 3.03. The van der Waals surface area contributed by atoms with Crippen LogP contribution < -0.4 is 10.2 Å². The molecule has 0 saturated carbocycles. The van der Waals surface area contributed by atoms with Crippen LogP contribution in [0.15, 0.2) is 29.2 Å². The smallest absolute Gasteiger partial charge is 0.341 e. The Kier molecular flexibility index (Phi) is 4.05. The van der Waals surface area contributed by atoms with Crippen molar-refractivity contribution in [2.75, 3.05) is 24.5 Å². The van der Waals surface area contributed by atoms with E-state index in [0.29, 0.717) is 6.04 Å². The first kappa shape index (κ1) is 14.2. The van der Waals surface area contributed by atoms with Crippen molar-refractivity contribution in [2.45, 2.75) is 23.6 Å². The number of alkyl halides is 2. The van der Waals surface area contributed by atoms with Gasteiger partial charge in [0, 0.05) is 31.4 Å². The Hall–Kier alpha value is -1.21. The summed E-state index contributed by atoms with van der Waals surface area (Å²) in [7, 11) is -4.50. The molecule has 0 amide bonds. The van der Waals surface area contributed by atoms with Gasteiger partial charge in [-0.3, -0.25) is 0 Å². The second-order valence-corrected chi connectivity index (χ2v) is 6.52. The molecule has 1 aliphatic heterocycles. The van der Waals surface area contributed by atoms with Crippen LogP contribution in [-0.4, -0.2) is 39.9 Å². The summed E-state index contributed by atoms with van der Waals surface area (Å²) in [4.78, 5) is 1.76. The lowest BCUT2D eigenvalue weighted by Crippen LogP contribution is -2.49. The van der Waals surface area contributed by atoms with E-state index >= 15 is 0 Å². The van der Waals surface area contributed by atoms with E-state index in [9.17, 15) is 17.2 Å². The highest BCUT2D eigenvalue weighted by molar-refractivity contribution is 7.91. The first-order valence-corrected chi connectivity index (χ1v) is 7.56. The molecule has 0 radical (unpaired) electrons. The van der Waals surface area contributed by atoms with Crippen LogP contribution in [-0.2, 0) is 9.84 Å². The molecule has 1 aromatic carbocycles. The van der Waals surface area contributed by atoms with Gasteiger partial charge in [-0.05, 0) is 31.2 Å². The predicted molar refractivity (Wildman–Crippen MR) is 69.3 cm³/mol. The summed E-state index contributed by atoms with van der Waals surface area (Å²) in [5, 5.41) is 3.30. The fraction of sp³-hybridized carbons (Fsp3) is 0.500. The van der Waals surface area contributed by atoms with Gasteiger partial charge in [0.25, 0.3) is 0 Å². The minimum atomic E-state index is -4.50. The molecule has 1 fully saturated rings. The molecule has 19 heavy (non-hydrogen) atoms. The molecule has 2 rings (SSSR count). The second-order valence-electron chi connectivity index (χ2n) is 4.60. The quantitative estimate of drug-likeness (QED) is 0.916. The number of nitrogens with one attached hydrogen (secondary N) is 1. The first-order chi connectivity index (χ1) is 8.91. The van der Waals surface area contributed by atoms with Gasteiger partial charge in [-0.2, -0.15) is 8.78 Å². The van der Waals surface area contributed by atoms with Crippen molar-refractivity contribution in [2.24, 2.45) is 0 Å². The Balaban J connectivity index is 2.19. The highest BCUT2D eigenvalue weighted by Gasteiger charge is 2.26. The molecule has 1 atom stereocenters. The number of nitrogens with zero attached hydrogens (tertiary/aromatic N) is 1. The molecule has 106 valence electrons. The normalized spacial score (nSPS) is 20.8. The number of hydrogen-bond acceptors (Lipinski definition) is 4. The minimum absolute atomic E-state index is 0.338. The standard InChI is InChI=1S/C12H16F2N2O2S/c1-9-8-16(7-6-15-9)10-2-4-11(5-3-10)19(17,18)12(13)14/h2-5,9,12,15H,6-8H2,1H3/t9-/m1/s1. The van der Waals surface area contributed by atoms with Crippen molar-refractivity contribution in [3.63, 3.8) is 0 Å². The zero-order valence-corrected chi connectivity index (χ0v) is 11.3. The summed E-state index contributed by atoms with van der Waals surface area (Å²) >= 11 is 0. The monoisotopic (exact) mass is 290 g/mol. The second kappa shape index (κ2) is 5.42. The predicted octanol–water partition coefficient (Wildman–Crippen LogP) is 1.48. The molecule has 0 spiro atoms. The lowest BCUT2D eigenvalue weighted by Gasteiger charge is -2.33. The third-order valence-electron chi connectivity index (χ3n) is 3.13. The lowest BCUT2D eigenvalue weighted by molar-refractivity contribution is 0.234. The zero-order chi connectivity index (χ0) is 14.0. The number of rotatable bonds is 3. The van der Waals surface area contributed by atoms with E-state index in [0.717, 1.165) is 25.3 Å². The molecule has 1 aliphatic rings. The number of piperazine rings is 1. The number of anilines is 1. The van der Waals surface area contributed by atoms with E-state index in [2.05, 4.69) is 17.1 Å². The number of halogens is 2. The third-order valence-corrected chi connectivity index (χ3v) is 4.53. The average molecular weight is 290 g/mol. The molecule has 1 saturated heterocycles. The van der Waals surface area contributed by atoms with Crippen LogP contribution in [0.2, 0.25) is 0 Å². The maximum Gasteiger partial charge on any atom is 0.341 e. The molecule has 0 unspecified atom stereocenters. The van der Waals surface area contributed by atoms with Crippen LogP contribution in [0.3, 0.4) is 0 Å². The SMILES string of the molecule is C[C@@H]1CN(c2ccc(S(=O)(=O)C(F)F)cc2)CCN1. The first-order valence-electron chi connectivity index (χ1n) is 6.01. The van der Waals surface area contributed by atoms with E-state index in [1.165, 1.54) is 12.1 Å². The highest BCUT2D eigenvalue weighted by Crippen LogP contribution is 2.22. The summed E-state index contributed by atoms with van der Waals surface area (Å²) < 4.78 is 47.4. The Labute approximate surface area is 111 Å². The van der Waals surface area contributed by atoms with Crippen LogP contribution >= 0.6 is 0 Å². The Morgan fingerprint density at radius 3 is 2.47 bits per heavy atom. The molecule has 0 aromatic heterocycles. The highest BCUT2D eigenvalue weighted by atomic mass is 32.2. The fourth-order valence-electron chi connectivity index (χ4n) is 2.12. The van der Waals surface area contributed by atoms with Crippen molar-refractivity contribution in [3.05, 3.63) is 24.3 Å². The van der Waals surface area contributed by atoms with Gasteiger partial charge < -0.3 is 10.2 Å². The Morgan fingerprint density at radius 1 is 1.32 bits per heavy atom. The molecular weight excluding hydrogens is 274 g/mol. The summed E-state index contributed by atoms with van der Waals surface area (Å²) in [5.74, 6) is -3.38. The summed E-state index contributed by atoms with van der Waals surface area (Å²) in [6.07, 6.45) is 0. The van der Waals surface area contributed by atoms with Crippen molar-refractivity contribution in [1.29, 1.82) is 0 Å². The van der Waals surface area contributed by atoms with Gasteiger partial charge in [-0.25, -0.2) is 8.42 Å². The number of sulfone groups is 1. The van der Waals surface area contributed by atoms with E-state index in [1.54, 1.807) is 12.1 Å². The molecule has 7 heteroatoms. The largest absolute Gasteiger partial charge is 0.369 e. The van der Waals surface area contributed by atoms with E-state index in [4.69, 9.17) is 0 Å². The van der Waals surface area contributed by atoms with Crippen molar-refractivity contribution < 1.29 is 17.2 Å². The van der Waals surface area contributed by atoms with Crippen LogP contribution in [0.25, 0.3) is 0 Å². The van der Waals surface area contributed by atoms with Crippen molar-refractivity contribution in [3.8, 4) is 0 Å². The topological polar surface area (TPSA) is 49.4 Å². The van der Waals surface area contributed by atoms with E-state index < -0.39 is 15.6 Å². The van der Waals surface area contributed by atoms with Gasteiger partial charge in [0.05, 0.1) is 4.90 Å². The lowest BCUT2D eigenvalue weighted by atomic mass is 10.2. The van der Waals surface area contributed by atoms with Crippen LogP contribution in [0.1, 0.15) is 6.92 Å². The Bertz CT molecular complexity index is 531. The zero-order valence-electron chi connectivity index (χ0n) is 10.5. The van der Waals surface area contributed by atoms with Crippen LogP contribution in [0, 0.1) is 0 Å². The van der Waals surface area contributed by atoms with Gasteiger partial charge in [-0.1, -0.05) is 0 Å². The maximum absolute atomic E-state index is 12.4. The summed E-state index contributed by atoms with van der Waals surface area (Å²) in [6, 6.07) is 5.98. The average Bonchev–Trinajstić information content (AvgIpc) is 2.38. The summed E-state index contributed by atoms with van der Waals surface area (Å²) in [6.45, 7) is 4.52. The van der Waals surface area contributed by atoms with E-state index in [-0.39, 0.29) is 4.90 Å². The molecule has 0 aliphatic carbocycles. The van der Waals surface area contributed by atoms with E-state index in [1.807, 2.05) is 0 Å². The molecule has 1 aromatic rings. The van der Waals surface area contributed by atoms with Crippen LogP contribution in [0.4, 0.5) is 14.5 Å². The number of hydrogen-bond donors (Lipinski definition) is 1. The van der Waals surface area contributed by atoms with Crippen molar-refractivity contribution in [1.82, 2.24) is 5.32 Å². The Morgan fingerprint density at radius 2 is 1.95 bits per heavy atom. The van der Waals surface area contributed by atoms with Gasteiger partial charge in [0.1, 0.15) is 0 Å². The van der Waals surface area contributed by atoms with Gasteiger partial charge in [0.15, 0.2) is 0 Å². The van der Waals surface area contributed by atoms with Gasteiger partial charge >= 0.3 is 5.76 Å². The minimum Gasteiger partial charge on any atom is -0.369 e. The maximum atomic E-state index is 12.4. The van der Waals surface area contributed by atoms with Crippen molar-refractivity contribution >= 4 is 15.5 Å². The number of benzene rings is 1. The fourth-order valence-corrected chi connectivity index (χ4v) is 2.84.